The predicted octanol–water partition coefficient (Wildman–Crippen LogP) is 4.52. The van der Waals surface area contributed by atoms with E-state index in [1.54, 1.807) is 6.07 Å². The number of benzene rings is 1. The van der Waals surface area contributed by atoms with E-state index in [1.807, 2.05) is 12.1 Å². The van der Waals surface area contributed by atoms with Crippen LogP contribution in [0.1, 0.15) is 32.3 Å². The summed E-state index contributed by atoms with van der Waals surface area (Å²) in [4.78, 5) is 0. The number of rotatable bonds is 6. The van der Waals surface area contributed by atoms with Crippen molar-refractivity contribution in [1.29, 1.82) is 0 Å². The SMILES string of the molecule is CCC(CC)CNCc1ccc(Cl)cc1Cl. The molecule has 0 aliphatic heterocycles. The van der Waals surface area contributed by atoms with Crippen LogP contribution in [-0.2, 0) is 6.54 Å². The van der Waals surface area contributed by atoms with Gasteiger partial charge in [0, 0.05) is 16.6 Å². The van der Waals surface area contributed by atoms with Crippen LogP contribution in [-0.4, -0.2) is 6.54 Å². The molecule has 0 saturated carbocycles. The van der Waals surface area contributed by atoms with Gasteiger partial charge in [0.15, 0.2) is 0 Å². The minimum absolute atomic E-state index is 0.689. The molecule has 0 unspecified atom stereocenters. The Bertz CT molecular complexity index is 322. The molecule has 3 heteroatoms. The predicted molar refractivity (Wildman–Crippen MR) is 72.2 cm³/mol. The summed E-state index contributed by atoms with van der Waals surface area (Å²) in [5, 5.41) is 4.87. The molecule has 0 heterocycles. The van der Waals surface area contributed by atoms with Crippen molar-refractivity contribution in [2.75, 3.05) is 6.54 Å². The second-order valence-electron chi connectivity index (χ2n) is 4.05. The van der Waals surface area contributed by atoms with Gasteiger partial charge in [-0.1, -0.05) is 56.0 Å². The molecule has 0 atom stereocenters. The molecular weight excluding hydrogens is 241 g/mol. The quantitative estimate of drug-likeness (QED) is 0.793. The number of hydrogen-bond acceptors (Lipinski definition) is 1. The molecule has 1 rings (SSSR count). The Kier molecular flexibility index (Phi) is 6.18. The van der Waals surface area contributed by atoms with E-state index in [0.29, 0.717) is 5.02 Å². The van der Waals surface area contributed by atoms with Crippen molar-refractivity contribution < 1.29 is 0 Å². The Morgan fingerprint density at radius 3 is 2.44 bits per heavy atom. The van der Waals surface area contributed by atoms with Crippen LogP contribution < -0.4 is 5.32 Å². The normalized spacial score (nSPS) is 11.1. The highest BCUT2D eigenvalue weighted by Gasteiger charge is 2.04. The van der Waals surface area contributed by atoms with Gasteiger partial charge in [-0.2, -0.15) is 0 Å². The molecule has 0 amide bonds. The molecule has 0 bridgehead atoms. The largest absolute Gasteiger partial charge is 0.312 e. The molecule has 1 N–H and O–H groups in total. The smallest absolute Gasteiger partial charge is 0.0465 e. The van der Waals surface area contributed by atoms with Crippen LogP contribution >= 0.6 is 23.2 Å². The van der Waals surface area contributed by atoms with Crippen LogP contribution in [0, 0.1) is 5.92 Å². The van der Waals surface area contributed by atoms with E-state index in [0.717, 1.165) is 29.6 Å². The molecule has 0 spiro atoms. The highest BCUT2D eigenvalue weighted by atomic mass is 35.5. The molecule has 0 aromatic heterocycles. The van der Waals surface area contributed by atoms with E-state index in [4.69, 9.17) is 23.2 Å². The Morgan fingerprint density at radius 2 is 1.88 bits per heavy atom. The van der Waals surface area contributed by atoms with Gasteiger partial charge >= 0.3 is 0 Å². The van der Waals surface area contributed by atoms with Crippen molar-refractivity contribution in [2.24, 2.45) is 5.92 Å². The molecule has 1 aromatic rings. The lowest BCUT2D eigenvalue weighted by molar-refractivity contribution is 0.449. The molecule has 0 aliphatic carbocycles. The van der Waals surface area contributed by atoms with Gasteiger partial charge in [0.1, 0.15) is 0 Å². The summed E-state index contributed by atoms with van der Waals surface area (Å²) in [6.07, 6.45) is 2.44. The lowest BCUT2D eigenvalue weighted by Gasteiger charge is -2.13. The Balaban J connectivity index is 2.42. The van der Waals surface area contributed by atoms with E-state index < -0.39 is 0 Å². The van der Waals surface area contributed by atoms with Gasteiger partial charge in [-0.05, 0) is 30.2 Å². The van der Waals surface area contributed by atoms with Gasteiger partial charge in [0.25, 0.3) is 0 Å². The number of halogens is 2. The fourth-order valence-corrected chi connectivity index (χ4v) is 2.13. The topological polar surface area (TPSA) is 12.0 Å². The Morgan fingerprint density at radius 1 is 1.19 bits per heavy atom. The highest BCUT2D eigenvalue weighted by molar-refractivity contribution is 6.35. The number of hydrogen-bond donors (Lipinski definition) is 1. The lowest BCUT2D eigenvalue weighted by atomic mass is 10.0. The second kappa shape index (κ2) is 7.16. The van der Waals surface area contributed by atoms with Crippen molar-refractivity contribution in [3.63, 3.8) is 0 Å². The summed E-state index contributed by atoms with van der Waals surface area (Å²) in [5.74, 6) is 0.756. The van der Waals surface area contributed by atoms with Crippen molar-refractivity contribution in [1.82, 2.24) is 5.32 Å². The van der Waals surface area contributed by atoms with Crippen LogP contribution in [0.2, 0.25) is 10.0 Å². The van der Waals surface area contributed by atoms with E-state index in [9.17, 15) is 0 Å². The maximum Gasteiger partial charge on any atom is 0.0465 e. The van der Waals surface area contributed by atoms with Gasteiger partial charge in [0.2, 0.25) is 0 Å². The lowest BCUT2D eigenvalue weighted by Crippen LogP contribution is -2.21. The summed E-state index contributed by atoms with van der Waals surface area (Å²) in [7, 11) is 0. The summed E-state index contributed by atoms with van der Waals surface area (Å²) < 4.78 is 0. The molecule has 0 aliphatic rings. The average molecular weight is 260 g/mol. The van der Waals surface area contributed by atoms with Crippen LogP contribution in [0.25, 0.3) is 0 Å². The summed E-state index contributed by atoms with van der Waals surface area (Å²) >= 11 is 11.9. The average Bonchev–Trinajstić information content (AvgIpc) is 2.27. The Hall–Kier alpha value is -0.240. The van der Waals surface area contributed by atoms with Crippen LogP contribution in [0.15, 0.2) is 18.2 Å². The van der Waals surface area contributed by atoms with Crippen LogP contribution in [0.5, 0.6) is 0 Å². The highest BCUT2D eigenvalue weighted by Crippen LogP contribution is 2.20. The first-order chi connectivity index (χ1) is 7.67. The summed E-state index contributed by atoms with van der Waals surface area (Å²) in [6, 6.07) is 5.64. The van der Waals surface area contributed by atoms with Gasteiger partial charge in [-0.3, -0.25) is 0 Å². The zero-order valence-corrected chi connectivity index (χ0v) is 11.4. The third kappa shape index (κ3) is 4.32. The van der Waals surface area contributed by atoms with Gasteiger partial charge in [-0.25, -0.2) is 0 Å². The molecular formula is C13H19Cl2N. The zero-order valence-electron chi connectivity index (χ0n) is 9.89. The van der Waals surface area contributed by atoms with Crippen molar-refractivity contribution in [3.8, 4) is 0 Å². The third-order valence-electron chi connectivity index (χ3n) is 2.92. The Labute approximate surface area is 108 Å². The molecule has 1 aromatic carbocycles. The van der Waals surface area contributed by atoms with Gasteiger partial charge < -0.3 is 5.32 Å². The fraction of sp³-hybridized carbons (Fsp3) is 0.538. The fourth-order valence-electron chi connectivity index (χ4n) is 1.65. The van der Waals surface area contributed by atoms with Crippen molar-refractivity contribution in [2.45, 2.75) is 33.2 Å². The van der Waals surface area contributed by atoms with Crippen LogP contribution in [0.4, 0.5) is 0 Å². The molecule has 0 saturated heterocycles. The monoisotopic (exact) mass is 259 g/mol. The van der Waals surface area contributed by atoms with Crippen molar-refractivity contribution in [3.05, 3.63) is 33.8 Å². The maximum absolute atomic E-state index is 6.09. The first kappa shape index (κ1) is 13.8. The molecule has 16 heavy (non-hydrogen) atoms. The van der Waals surface area contributed by atoms with Gasteiger partial charge in [-0.15, -0.1) is 0 Å². The minimum atomic E-state index is 0.689. The standard InChI is InChI=1S/C13H19Cl2N/c1-3-10(4-2)8-16-9-11-5-6-12(14)7-13(11)15/h5-7,10,16H,3-4,8-9H2,1-2H3. The maximum atomic E-state index is 6.09. The van der Waals surface area contributed by atoms with E-state index in [1.165, 1.54) is 12.8 Å². The third-order valence-corrected chi connectivity index (χ3v) is 3.51. The van der Waals surface area contributed by atoms with Crippen molar-refractivity contribution >= 4 is 23.2 Å². The van der Waals surface area contributed by atoms with E-state index >= 15 is 0 Å². The van der Waals surface area contributed by atoms with Gasteiger partial charge in [0.05, 0.1) is 0 Å². The minimum Gasteiger partial charge on any atom is -0.312 e. The summed E-state index contributed by atoms with van der Waals surface area (Å²) in [5.41, 5.74) is 1.11. The summed E-state index contributed by atoms with van der Waals surface area (Å²) in [6.45, 7) is 6.31. The van der Waals surface area contributed by atoms with E-state index in [2.05, 4.69) is 19.2 Å². The molecule has 0 radical (unpaired) electrons. The molecule has 1 nitrogen and oxygen atoms in total. The zero-order chi connectivity index (χ0) is 12.0. The molecule has 0 fully saturated rings. The van der Waals surface area contributed by atoms with E-state index in [-0.39, 0.29) is 0 Å². The van der Waals surface area contributed by atoms with Crippen LogP contribution in [0.3, 0.4) is 0 Å². The number of nitrogens with one attached hydrogen (secondary N) is 1. The second-order valence-corrected chi connectivity index (χ2v) is 4.89. The first-order valence-electron chi connectivity index (χ1n) is 5.82. The first-order valence-corrected chi connectivity index (χ1v) is 6.57. The molecule has 90 valence electrons.